The van der Waals surface area contributed by atoms with Crippen molar-refractivity contribution in [2.75, 3.05) is 57.9 Å². The van der Waals surface area contributed by atoms with Crippen LogP contribution >= 0.6 is 24.0 Å². The van der Waals surface area contributed by atoms with Gasteiger partial charge in [-0.3, -0.25) is 9.89 Å². The highest BCUT2D eigenvalue weighted by Crippen LogP contribution is 2.21. The molecule has 0 aromatic carbocycles. The van der Waals surface area contributed by atoms with Gasteiger partial charge >= 0.3 is 0 Å². The molecule has 0 bridgehead atoms. The molecule has 1 atom stereocenters. The third kappa shape index (κ3) is 11.6. The van der Waals surface area contributed by atoms with Crippen LogP contribution in [0.2, 0.25) is 0 Å². The van der Waals surface area contributed by atoms with E-state index in [0.29, 0.717) is 19.0 Å². The van der Waals surface area contributed by atoms with Crippen molar-refractivity contribution in [3.05, 3.63) is 0 Å². The first-order chi connectivity index (χ1) is 11.6. The SMILES string of the molecule is CCNC(=NCC(C)(C)CCS(C)(=O)=O)NCC(C)N1CCOCC1.I. The monoisotopic (exact) mass is 504 g/mol. The number of sulfone groups is 1. The Morgan fingerprint density at radius 1 is 1.27 bits per heavy atom. The number of ether oxygens (including phenoxy) is 1. The molecule has 1 aliphatic rings. The topological polar surface area (TPSA) is 83.0 Å². The van der Waals surface area contributed by atoms with Gasteiger partial charge < -0.3 is 15.4 Å². The van der Waals surface area contributed by atoms with Crippen LogP contribution in [0.25, 0.3) is 0 Å². The van der Waals surface area contributed by atoms with Gasteiger partial charge in [0.1, 0.15) is 9.84 Å². The van der Waals surface area contributed by atoms with E-state index in [1.165, 1.54) is 6.26 Å². The maximum absolute atomic E-state index is 11.4. The third-order valence-electron chi connectivity index (χ3n) is 4.39. The zero-order valence-corrected chi connectivity index (χ0v) is 20.0. The van der Waals surface area contributed by atoms with Crippen LogP contribution in [-0.2, 0) is 14.6 Å². The molecule has 0 aliphatic carbocycles. The smallest absolute Gasteiger partial charge is 0.191 e. The molecule has 0 spiro atoms. The molecule has 156 valence electrons. The molecule has 1 fully saturated rings. The molecule has 7 nitrogen and oxygen atoms in total. The standard InChI is InChI=1S/C17H36N4O3S.HI/c1-6-18-16(19-13-15(2)21-8-10-24-11-9-21)20-14-17(3,4)7-12-25(5,22)23;/h15H,6-14H2,1-5H3,(H2,18,19,20);1H. The summed E-state index contributed by atoms with van der Waals surface area (Å²) in [4.78, 5) is 7.07. The Labute approximate surface area is 176 Å². The van der Waals surface area contributed by atoms with Crippen molar-refractivity contribution in [2.45, 2.75) is 40.2 Å². The molecule has 1 rings (SSSR count). The lowest BCUT2D eigenvalue weighted by molar-refractivity contribution is 0.0211. The molecule has 1 aliphatic heterocycles. The fourth-order valence-corrected chi connectivity index (χ4v) is 3.49. The normalized spacial score (nSPS) is 18.1. The van der Waals surface area contributed by atoms with Gasteiger partial charge in [0.2, 0.25) is 0 Å². The first-order valence-corrected chi connectivity index (χ1v) is 11.2. The maximum atomic E-state index is 11.4. The quantitative estimate of drug-likeness (QED) is 0.280. The zero-order chi connectivity index (χ0) is 18.9. The fourth-order valence-electron chi connectivity index (χ4n) is 2.57. The van der Waals surface area contributed by atoms with E-state index in [1.54, 1.807) is 0 Å². The summed E-state index contributed by atoms with van der Waals surface area (Å²) in [7, 11) is -2.94. The van der Waals surface area contributed by atoms with Gasteiger partial charge in [-0.05, 0) is 25.7 Å². The molecule has 0 amide bonds. The molecular formula is C17H37IN4O3S. The van der Waals surface area contributed by atoms with E-state index in [-0.39, 0.29) is 35.1 Å². The number of nitrogens with one attached hydrogen (secondary N) is 2. The number of rotatable bonds is 9. The van der Waals surface area contributed by atoms with E-state index in [4.69, 9.17) is 4.74 Å². The van der Waals surface area contributed by atoms with Crippen molar-refractivity contribution in [1.29, 1.82) is 0 Å². The number of aliphatic imine (C=N–C) groups is 1. The Morgan fingerprint density at radius 3 is 2.42 bits per heavy atom. The molecule has 0 aromatic heterocycles. The maximum Gasteiger partial charge on any atom is 0.191 e. The Balaban J connectivity index is 0.00000625. The van der Waals surface area contributed by atoms with E-state index >= 15 is 0 Å². The highest BCUT2D eigenvalue weighted by molar-refractivity contribution is 14.0. The van der Waals surface area contributed by atoms with Gasteiger partial charge in [0.25, 0.3) is 0 Å². The Bertz CT molecular complexity index is 520. The van der Waals surface area contributed by atoms with Crippen molar-refractivity contribution in [1.82, 2.24) is 15.5 Å². The Hall–Kier alpha value is -0.130. The van der Waals surface area contributed by atoms with Crippen LogP contribution in [0.4, 0.5) is 0 Å². The van der Waals surface area contributed by atoms with Gasteiger partial charge in [-0.1, -0.05) is 13.8 Å². The lowest BCUT2D eigenvalue weighted by atomic mass is 9.90. The molecule has 2 N–H and O–H groups in total. The van der Waals surface area contributed by atoms with Gasteiger partial charge in [0, 0.05) is 45.0 Å². The van der Waals surface area contributed by atoms with E-state index in [2.05, 4.69) is 41.3 Å². The van der Waals surface area contributed by atoms with E-state index < -0.39 is 9.84 Å². The molecule has 26 heavy (non-hydrogen) atoms. The summed E-state index contributed by atoms with van der Waals surface area (Å²) in [5, 5.41) is 6.66. The van der Waals surface area contributed by atoms with Crippen molar-refractivity contribution >= 4 is 39.8 Å². The first-order valence-electron chi connectivity index (χ1n) is 9.15. The predicted octanol–water partition coefficient (Wildman–Crippen LogP) is 1.34. The van der Waals surface area contributed by atoms with Gasteiger partial charge in [-0.15, -0.1) is 24.0 Å². The molecule has 1 unspecified atom stereocenters. The largest absolute Gasteiger partial charge is 0.379 e. The molecular weight excluding hydrogens is 467 g/mol. The Kier molecular flexibility index (Phi) is 12.3. The van der Waals surface area contributed by atoms with Gasteiger partial charge in [-0.25, -0.2) is 8.42 Å². The number of halogens is 1. The van der Waals surface area contributed by atoms with E-state index in [1.807, 2.05) is 6.92 Å². The molecule has 0 aromatic rings. The second-order valence-electron chi connectivity index (χ2n) is 7.62. The number of nitrogens with zero attached hydrogens (tertiary/aromatic N) is 2. The third-order valence-corrected chi connectivity index (χ3v) is 5.34. The van der Waals surface area contributed by atoms with Gasteiger partial charge in [0.05, 0.1) is 19.0 Å². The number of morpholine rings is 1. The first kappa shape index (κ1) is 25.9. The van der Waals surface area contributed by atoms with Crippen LogP contribution in [-0.4, -0.2) is 83.3 Å². The summed E-state index contributed by atoms with van der Waals surface area (Å²) in [5.74, 6) is 0.989. The summed E-state index contributed by atoms with van der Waals surface area (Å²) in [6, 6.07) is 0.408. The Morgan fingerprint density at radius 2 is 1.88 bits per heavy atom. The van der Waals surface area contributed by atoms with Crippen LogP contribution in [0.1, 0.15) is 34.1 Å². The second kappa shape index (κ2) is 12.4. The lowest BCUT2D eigenvalue weighted by Gasteiger charge is -2.32. The van der Waals surface area contributed by atoms with Gasteiger partial charge in [0.15, 0.2) is 5.96 Å². The molecule has 0 saturated carbocycles. The predicted molar refractivity (Wildman–Crippen MR) is 119 cm³/mol. The number of guanidine groups is 1. The average Bonchev–Trinajstić information content (AvgIpc) is 2.56. The molecule has 0 radical (unpaired) electrons. The van der Waals surface area contributed by atoms with Crippen LogP contribution in [0.5, 0.6) is 0 Å². The van der Waals surface area contributed by atoms with Crippen molar-refractivity contribution < 1.29 is 13.2 Å². The van der Waals surface area contributed by atoms with Crippen LogP contribution in [0, 0.1) is 5.41 Å². The summed E-state index contributed by atoms with van der Waals surface area (Å²) in [6.07, 6.45) is 1.89. The van der Waals surface area contributed by atoms with E-state index in [9.17, 15) is 8.42 Å². The van der Waals surface area contributed by atoms with Crippen molar-refractivity contribution in [3.8, 4) is 0 Å². The lowest BCUT2D eigenvalue weighted by Crippen LogP contribution is -2.49. The minimum Gasteiger partial charge on any atom is -0.379 e. The fraction of sp³-hybridized carbons (Fsp3) is 0.941. The summed E-state index contributed by atoms with van der Waals surface area (Å²) in [5.41, 5.74) is -0.152. The summed E-state index contributed by atoms with van der Waals surface area (Å²) >= 11 is 0. The van der Waals surface area contributed by atoms with Crippen LogP contribution in [0.3, 0.4) is 0 Å². The number of hydrogen-bond donors (Lipinski definition) is 2. The minimum atomic E-state index is -2.94. The molecule has 1 saturated heterocycles. The average molecular weight is 504 g/mol. The van der Waals surface area contributed by atoms with E-state index in [0.717, 1.165) is 45.4 Å². The number of hydrogen-bond acceptors (Lipinski definition) is 5. The minimum absolute atomic E-state index is 0. The van der Waals surface area contributed by atoms with Crippen LogP contribution in [0.15, 0.2) is 4.99 Å². The highest BCUT2D eigenvalue weighted by Gasteiger charge is 2.21. The van der Waals surface area contributed by atoms with Crippen molar-refractivity contribution in [2.24, 2.45) is 10.4 Å². The molecule has 9 heteroatoms. The molecule has 1 heterocycles. The zero-order valence-electron chi connectivity index (χ0n) is 16.9. The van der Waals surface area contributed by atoms with Gasteiger partial charge in [-0.2, -0.15) is 0 Å². The summed E-state index contributed by atoms with van der Waals surface area (Å²) in [6.45, 7) is 14.1. The van der Waals surface area contributed by atoms with Crippen molar-refractivity contribution in [3.63, 3.8) is 0 Å². The van der Waals surface area contributed by atoms with Crippen LogP contribution < -0.4 is 10.6 Å². The second-order valence-corrected chi connectivity index (χ2v) is 9.88. The highest BCUT2D eigenvalue weighted by atomic mass is 127. The summed E-state index contributed by atoms with van der Waals surface area (Å²) < 4.78 is 28.1.